The first-order valence-electron chi connectivity index (χ1n) is 5.15. The molecule has 0 spiro atoms. The largest absolute Gasteiger partial charge is 0.314 e. The zero-order valence-corrected chi connectivity index (χ0v) is 10.2. The number of nitrogens with zero attached hydrogens (tertiary/aromatic N) is 2. The molecule has 0 saturated carbocycles. The highest BCUT2D eigenvalue weighted by atomic mass is 32.1. The Morgan fingerprint density at radius 2 is 1.93 bits per heavy atom. The van der Waals surface area contributed by atoms with E-state index < -0.39 is 0 Å². The fraction of sp³-hybridized carbons (Fsp3) is 0.800. The molecule has 0 aromatic carbocycles. The van der Waals surface area contributed by atoms with E-state index in [2.05, 4.69) is 43.2 Å². The van der Waals surface area contributed by atoms with Crippen LogP contribution in [0.1, 0.15) is 43.6 Å². The van der Waals surface area contributed by atoms with Crippen LogP contribution in [0.15, 0.2) is 0 Å². The zero-order chi connectivity index (χ0) is 10.6. The number of nitrogens with one attached hydrogen (secondary N) is 1. The maximum absolute atomic E-state index is 4.16. The maximum atomic E-state index is 4.16. The predicted octanol–water partition coefficient (Wildman–Crippen LogP) is 2.20. The van der Waals surface area contributed by atoms with Gasteiger partial charge in [-0.15, -0.1) is 21.5 Å². The van der Waals surface area contributed by atoms with Gasteiger partial charge in [0, 0.05) is 24.9 Å². The molecule has 0 atom stereocenters. The average Bonchev–Trinajstić information content (AvgIpc) is 2.52. The molecule has 0 saturated heterocycles. The van der Waals surface area contributed by atoms with E-state index in [1.54, 1.807) is 11.3 Å². The van der Waals surface area contributed by atoms with Crippen molar-refractivity contribution in [1.29, 1.82) is 0 Å². The number of hydrogen-bond donors (Lipinski definition) is 1. The summed E-state index contributed by atoms with van der Waals surface area (Å²) in [6, 6.07) is 0.549. The van der Waals surface area contributed by atoms with Crippen LogP contribution in [0.3, 0.4) is 0 Å². The molecule has 0 amide bonds. The Morgan fingerprint density at radius 1 is 1.21 bits per heavy atom. The Kier molecular flexibility index (Phi) is 4.48. The van der Waals surface area contributed by atoms with Crippen LogP contribution in [0.4, 0.5) is 0 Å². The quantitative estimate of drug-likeness (QED) is 0.815. The van der Waals surface area contributed by atoms with Crippen LogP contribution in [-0.2, 0) is 6.42 Å². The van der Waals surface area contributed by atoms with Crippen molar-refractivity contribution in [3.8, 4) is 0 Å². The van der Waals surface area contributed by atoms with Crippen molar-refractivity contribution in [2.24, 2.45) is 0 Å². The van der Waals surface area contributed by atoms with Gasteiger partial charge in [-0.3, -0.25) is 0 Å². The van der Waals surface area contributed by atoms with Crippen molar-refractivity contribution < 1.29 is 0 Å². The molecule has 0 radical (unpaired) electrons. The summed E-state index contributed by atoms with van der Waals surface area (Å²) in [5.74, 6) is 0.499. The van der Waals surface area contributed by atoms with Crippen LogP contribution in [0, 0.1) is 0 Å². The first-order valence-corrected chi connectivity index (χ1v) is 5.97. The van der Waals surface area contributed by atoms with Gasteiger partial charge >= 0.3 is 0 Å². The summed E-state index contributed by atoms with van der Waals surface area (Å²) in [7, 11) is 0. The molecule has 14 heavy (non-hydrogen) atoms. The van der Waals surface area contributed by atoms with Crippen molar-refractivity contribution in [3.05, 3.63) is 10.0 Å². The summed E-state index contributed by atoms with van der Waals surface area (Å²) in [4.78, 5) is 0. The van der Waals surface area contributed by atoms with E-state index in [4.69, 9.17) is 0 Å². The third-order valence-electron chi connectivity index (χ3n) is 1.87. The smallest absolute Gasteiger partial charge is 0.119 e. The first kappa shape index (κ1) is 11.6. The summed E-state index contributed by atoms with van der Waals surface area (Å²) in [6.45, 7) is 9.59. The number of rotatable bonds is 5. The van der Waals surface area contributed by atoms with Crippen molar-refractivity contribution in [2.45, 2.75) is 46.1 Å². The van der Waals surface area contributed by atoms with Crippen molar-refractivity contribution >= 4 is 11.3 Å². The Labute approximate surface area is 89.9 Å². The number of hydrogen-bond acceptors (Lipinski definition) is 4. The maximum Gasteiger partial charge on any atom is 0.119 e. The van der Waals surface area contributed by atoms with E-state index in [-0.39, 0.29) is 0 Å². The van der Waals surface area contributed by atoms with Crippen molar-refractivity contribution in [2.75, 3.05) is 6.54 Å². The normalized spacial score (nSPS) is 11.6. The topological polar surface area (TPSA) is 37.8 Å². The van der Waals surface area contributed by atoms with E-state index in [9.17, 15) is 0 Å². The van der Waals surface area contributed by atoms with Crippen molar-refractivity contribution in [1.82, 2.24) is 15.5 Å². The lowest BCUT2D eigenvalue weighted by Gasteiger charge is -2.05. The minimum Gasteiger partial charge on any atom is -0.314 e. The van der Waals surface area contributed by atoms with Gasteiger partial charge in [0.05, 0.1) is 0 Å². The van der Waals surface area contributed by atoms with Gasteiger partial charge in [-0.2, -0.15) is 0 Å². The SMILES string of the molecule is CC(C)NCCc1nnc(C(C)C)s1. The highest BCUT2D eigenvalue weighted by Gasteiger charge is 2.07. The van der Waals surface area contributed by atoms with E-state index >= 15 is 0 Å². The van der Waals surface area contributed by atoms with Gasteiger partial charge in [-0.05, 0) is 0 Å². The van der Waals surface area contributed by atoms with E-state index in [0.29, 0.717) is 12.0 Å². The molecular weight excluding hydrogens is 194 g/mol. The second-order valence-electron chi connectivity index (χ2n) is 4.05. The molecule has 80 valence electrons. The average molecular weight is 213 g/mol. The molecule has 0 fully saturated rings. The summed E-state index contributed by atoms with van der Waals surface area (Å²) in [5, 5.41) is 14.0. The molecule has 1 heterocycles. The van der Waals surface area contributed by atoms with Gasteiger partial charge in [0.25, 0.3) is 0 Å². The molecule has 1 rings (SSSR count). The molecule has 1 aromatic rings. The van der Waals surface area contributed by atoms with Gasteiger partial charge in [-0.25, -0.2) is 0 Å². The molecule has 0 unspecified atom stereocenters. The lowest BCUT2D eigenvalue weighted by atomic mass is 10.2. The molecule has 0 aliphatic carbocycles. The van der Waals surface area contributed by atoms with Gasteiger partial charge in [0.15, 0.2) is 0 Å². The van der Waals surface area contributed by atoms with E-state index in [1.165, 1.54) is 0 Å². The number of aromatic nitrogens is 2. The van der Waals surface area contributed by atoms with Crippen LogP contribution in [-0.4, -0.2) is 22.8 Å². The van der Waals surface area contributed by atoms with Gasteiger partial charge in [-0.1, -0.05) is 27.7 Å². The van der Waals surface area contributed by atoms with Crippen LogP contribution in [0.2, 0.25) is 0 Å². The minimum atomic E-state index is 0.499. The third-order valence-corrected chi connectivity index (χ3v) is 3.15. The molecule has 0 aliphatic heterocycles. The standard InChI is InChI=1S/C10H19N3S/c1-7(2)10-13-12-9(14-10)5-6-11-8(3)4/h7-8,11H,5-6H2,1-4H3. The summed E-state index contributed by atoms with van der Waals surface area (Å²) in [5.41, 5.74) is 0. The first-order chi connectivity index (χ1) is 6.59. The Bertz CT molecular complexity index is 268. The van der Waals surface area contributed by atoms with Crippen LogP contribution in [0.25, 0.3) is 0 Å². The lowest BCUT2D eigenvalue weighted by molar-refractivity contribution is 0.588. The lowest BCUT2D eigenvalue weighted by Crippen LogP contribution is -2.24. The molecular formula is C10H19N3S. The predicted molar refractivity (Wildman–Crippen MR) is 60.8 cm³/mol. The molecule has 4 heteroatoms. The van der Waals surface area contributed by atoms with Crippen molar-refractivity contribution in [3.63, 3.8) is 0 Å². The van der Waals surface area contributed by atoms with Crippen LogP contribution < -0.4 is 5.32 Å². The van der Waals surface area contributed by atoms with Gasteiger partial charge in [0.1, 0.15) is 10.0 Å². The minimum absolute atomic E-state index is 0.499. The van der Waals surface area contributed by atoms with Crippen LogP contribution >= 0.6 is 11.3 Å². The Balaban J connectivity index is 2.36. The summed E-state index contributed by atoms with van der Waals surface area (Å²) in [6.07, 6.45) is 0.989. The fourth-order valence-electron chi connectivity index (χ4n) is 1.07. The van der Waals surface area contributed by atoms with Crippen LogP contribution in [0.5, 0.6) is 0 Å². The zero-order valence-electron chi connectivity index (χ0n) is 9.37. The molecule has 1 N–H and O–H groups in total. The third kappa shape index (κ3) is 3.72. The molecule has 0 aliphatic rings. The second-order valence-corrected chi connectivity index (χ2v) is 5.14. The fourth-order valence-corrected chi connectivity index (χ4v) is 1.91. The monoisotopic (exact) mass is 213 g/mol. The Hall–Kier alpha value is -0.480. The Morgan fingerprint density at radius 3 is 2.43 bits per heavy atom. The molecule has 3 nitrogen and oxygen atoms in total. The summed E-state index contributed by atoms with van der Waals surface area (Å²) < 4.78 is 0. The van der Waals surface area contributed by atoms with Gasteiger partial charge in [0.2, 0.25) is 0 Å². The highest BCUT2D eigenvalue weighted by molar-refractivity contribution is 7.11. The van der Waals surface area contributed by atoms with Gasteiger partial charge < -0.3 is 5.32 Å². The highest BCUT2D eigenvalue weighted by Crippen LogP contribution is 2.18. The van der Waals surface area contributed by atoms with E-state index in [0.717, 1.165) is 23.0 Å². The second kappa shape index (κ2) is 5.41. The summed E-state index contributed by atoms with van der Waals surface area (Å²) >= 11 is 1.73. The van der Waals surface area contributed by atoms with E-state index in [1.807, 2.05) is 0 Å². The molecule has 1 aromatic heterocycles. The molecule has 0 bridgehead atoms.